The molecule has 0 atom stereocenters. The molecule has 0 saturated heterocycles. The van der Waals surface area contributed by atoms with E-state index in [-0.39, 0.29) is 0 Å². The summed E-state index contributed by atoms with van der Waals surface area (Å²) in [4.78, 5) is 0. The molecule has 1 aromatic heterocycles. The van der Waals surface area contributed by atoms with Gasteiger partial charge in [-0.25, -0.2) is 0 Å². The van der Waals surface area contributed by atoms with Crippen LogP contribution in [0.2, 0.25) is 5.02 Å². The third-order valence-electron chi connectivity index (χ3n) is 3.18. The SMILES string of the molecule is COc1cc(OC)c(NCc2c(Br)c(C)nn2C)cc1Cl. The molecule has 1 N–H and O–H groups in total. The molecule has 114 valence electrons. The van der Waals surface area contributed by atoms with E-state index in [1.54, 1.807) is 26.4 Å². The van der Waals surface area contributed by atoms with E-state index < -0.39 is 0 Å². The predicted molar refractivity (Wildman–Crippen MR) is 87.5 cm³/mol. The number of benzene rings is 1. The van der Waals surface area contributed by atoms with Crippen LogP contribution in [-0.4, -0.2) is 24.0 Å². The van der Waals surface area contributed by atoms with Gasteiger partial charge in [-0.2, -0.15) is 5.10 Å². The zero-order valence-electron chi connectivity index (χ0n) is 12.3. The monoisotopic (exact) mass is 373 g/mol. The number of methoxy groups -OCH3 is 2. The number of rotatable bonds is 5. The van der Waals surface area contributed by atoms with E-state index in [1.807, 2.05) is 18.7 Å². The van der Waals surface area contributed by atoms with E-state index in [0.717, 1.165) is 21.5 Å². The minimum Gasteiger partial charge on any atom is -0.495 e. The van der Waals surface area contributed by atoms with E-state index in [1.165, 1.54) is 0 Å². The Morgan fingerprint density at radius 3 is 2.48 bits per heavy atom. The summed E-state index contributed by atoms with van der Waals surface area (Å²) in [5.74, 6) is 1.25. The van der Waals surface area contributed by atoms with Crippen molar-refractivity contribution in [2.75, 3.05) is 19.5 Å². The molecule has 21 heavy (non-hydrogen) atoms. The van der Waals surface area contributed by atoms with Gasteiger partial charge in [-0.05, 0) is 28.9 Å². The van der Waals surface area contributed by atoms with E-state index in [0.29, 0.717) is 23.1 Å². The number of ether oxygens (including phenoxy) is 2. The molecule has 0 aliphatic carbocycles. The minimum atomic E-state index is 0.529. The fourth-order valence-corrected chi connectivity index (χ4v) is 2.77. The molecule has 0 radical (unpaired) electrons. The van der Waals surface area contributed by atoms with E-state index >= 15 is 0 Å². The van der Waals surface area contributed by atoms with Crippen LogP contribution in [-0.2, 0) is 13.6 Å². The number of hydrogen-bond donors (Lipinski definition) is 1. The Morgan fingerprint density at radius 2 is 1.95 bits per heavy atom. The molecule has 0 aliphatic heterocycles. The first-order chi connectivity index (χ1) is 9.97. The summed E-state index contributed by atoms with van der Waals surface area (Å²) in [7, 11) is 5.09. The van der Waals surface area contributed by atoms with Crippen LogP contribution in [0.25, 0.3) is 0 Å². The third kappa shape index (κ3) is 3.27. The van der Waals surface area contributed by atoms with Gasteiger partial charge < -0.3 is 14.8 Å². The highest BCUT2D eigenvalue weighted by Crippen LogP contribution is 2.36. The van der Waals surface area contributed by atoms with Gasteiger partial charge in [0, 0.05) is 13.1 Å². The van der Waals surface area contributed by atoms with Gasteiger partial charge in [-0.1, -0.05) is 11.6 Å². The maximum Gasteiger partial charge on any atom is 0.145 e. The molecule has 1 heterocycles. The lowest BCUT2D eigenvalue weighted by molar-refractivity contribution is 0.395. The first kappa shape index (κ1) is 16.0. The molecule has 0 bridgehead atoms. The van der Waals surface area contributed by atoms with Crippen molar-refractivity contribution in [1.82, 2.24) is 9.78 Å². The molecule has 5 nitrogen and oxygen atoms in total. The van der Waals surface area contributed by atoms with Crippen LogP contribution < -0.4 is 14.8 Å². The lowest BCUT2D eigenvalue weighted by atomic mass is 10.2. The van der Waals surface area contributed by atoms with Crippen molar-refractivity contribution in [3.05, 3.63) is 33.0 Å². The number of nitrogens with one attached hydrogen (secondary N) is 1. The zero-order chi connectivity index (χ0) is 15.6. The Balaban J connectivity index is 2.25. The van der Waals surface area contributed by atoms with Crippen LogP contribution in [0.5, 0.6) is 11.5 Å². The second-order valence-corrected chi connectivity index (χ2v) is 5.71. The Hall–Kier alpha value is -1.40. The van der Waals surface area contributed by atoms with E-state index in [9.17, 15) is 0 Å². The summed E-state index contributed by atoms with van der Waals surface area (Å²) in [5, 5.41) is 8.20. The molecule has 0 fully saturated rings. The van der Waals surface area contributed by atoms with Crippen molar-refractivity contribution >= 4 is 33.2 Å². The second kappa shape index (κ2) is 6.58. The highest BCUT2D eigenvalue weighted by atomic mass is 79.9. The number of anilines is 1. The smallest absolute Gasteiger partial charge is 0.145 e. The van der Waals surface area contributed by atoms with Gasteiger partial charge in [0.15, 0.2) is 0 Å². The van der Waals surface area contributed by atoms with Gasteiger partial charge in [-0.15, -0.1) is 0 Å². The average Bonchev–Trinajstić information content (AvgIpc) is 2.70. The molecule has 0 saturated carbocycles. The summed E-state index contributed by atoms with van der Waals surface area (Å²) in [5.41, 5.74) is 2.80. The van der Waals surface area contributed by atoms with Gasteiger partial charge >= 0.3 is 0 Å². The van der Waals surface area contributed by atoms with Crippen molar-refractivity contribution in [3.8, 4) is 11.5 Å². The van der Waals surface area contributed by atoms with Crippen LogP contribution in [0.4, 0.5) is 5.69 Å². The molecular weight excluding hydrogens is 358 g/mol. The quantitative estimate of drug-likeness (QED) is 0.865. The maximum atomic E-state index is 6.16. The van der Waals surface area contributed by atoms with Crippen LogP contribution in [0.15, 0.2) is 16.6 Å². The lowest BCUT2D eigenvalue weighted by Crippen LogP contribution is -2.07. The summed E-state index contributed by atoms with van der Waals surface area (Å²) in [6.07, 6.45) is 0. The maximum absolute atomic E-state index is 6.16. The van der Waals surface area contributed by atoms with E-state index in [2.05, 4.69) is 26.3 Å². The Bertz CT molecular complexity index is 658. The van der Waals surface area contributed by atoms with Gasteiger partial charge in [0.05, 0.1) is 47.3 Å². The topological polar surface area (TPSA) is 48.3 Å². The average molecular weight is 375 g/mol. The Morgan fingerprint density at radius 1 is 1.29 bits per heavy atom. The summed E-state index contributed by atoms with van der Waals surface area (Å²) < 4.78 is 13.4. The second-order valence-electron chi connectivity index (χ2n) is 4.51. The van der Waals surface area contributed by atoms with Crippen LogP contribution in [0.3, 0.4) is 0 Å². The Kier molecular flexibility index (Phi) is 5.00. The van der Waals surface area contributed by atoms with E-state index in [4.69, 9.17) is 21.1 Å². The standard InChI is InChI=1S/C14H17BrClN3O2/c1-8-14(15)11(19(2)18-8)7-17-10-5-9(16)12(20-3)6-13(10)21-4/h5-6,17H,7H2,1-4H3. The van der Waals surface area contributed by atoms with Crippen LogP contribution in [0, 0.1) is 6.92 Å². The molecule has 7 heteroatoms. The van der Waals surface area contributed by atoms with Crippen molar-refractivity contribution in [2.24, 2.45) is 7.05 Å². The molecule has 0 aliphatic rings. The molecule has 2 aromatic rings. The van der Waals surface area contributed by atoms with Gasteiger partial charge in [0.2, 0.25) is 0 Å². The zero-order valence-corrected chi connectivity index (χ0v) is 14.7. The molecule has 0 unspecified atom stereocenters. The molecular formula is C14H17BrClN3O2. The van der Waals surface area contributed by atoms with Gasteiger partial charge in [-0.3, -0.25) is 4.68 Å². The molecule has 0 amide bonds. The lowest BCUT2D eigenvalue weighted by Gasteiger charge is -2.14. The fraction of sp³-hybridized carbons (Fsp3) is 0.357. The summed E-state index contributed by atoms with van der Waals surface area (Å²) in [6.45, 7) is 2.55. The number of aryl methyl sites for hydroxylation is 2. The Labute approximate surface area is 137 Å². The first-order valence-corrected chi connectivity index (χ1v) is 7.48. The highest BCUT2D eigenvalue weighted by molar-refractivity contribution is 9.10. The predicted octanol–water partition coefficient (Wildman–Crippen LogP) is 3.77. The van der Waals surface area contributed by atoms with Crippen LogP contribution in [0.1, 0.15) is 11.4 Å². The van der Waals surface area contributed by atoms with Crippen molar-refractivity contribution < 1.29 is 9.47 Å². The highest BCUT2D eigenvalue weighted by Gasteiger charge is 2.13. The van der Waals surface area contributed by atoms with Crippen molar-refractivity contribution in [2.45, 2.75) is 13.5 Å². The molecule has 0 spiro atoms. The fourth-order valence-electron chi connectivity index (χ4n) is 2.05. The molecule has 1 aromatic carbocycles. The third-order valence-corrected chi connectivity index (χ3v) is 4.51. The van der Waals surface area contributed by atoms with Gasteiger partial charge in [0.1, 0.15) is 11.5 Å². The summed E-state index contributed by atoms with van der Waals surface area (Å²) >= 11 is 9.71. The van der Waals surface area contributed by atoms with Crippen molar-refractivity contribution in [1.29, 1.82) is 0 Å². The molecule has 2 rings (SSSR count). The summed E-state index contributed by atoms with van der Waals surface area (Å²) in [6, 6.07) is 3.55. The largest absolute Gasteiger partial charge is 0.495 e. The number of nitrogens with zero attached hydrogens (tertiary/aromatic N) is 2. The normalized spacial score (nSPS) is 10.6. The van der Waals surface area contributed by atoms with Crippen molar-refractivity contribution in [3.63, 3.8) is 0 Å². The minimum absolute atomic E-state index is 0.529. The van der Waals surface area contributed by atoms with Gasteiger partial charge in [0.25, 0.3) is 0 Å². The first-order valence-electron chi connectivity index (χ1n) is 6.31. The number of aromatic nitrogens is 2. The van der Waals surface area contributed by atoms with Crippen LogP contribution >= 0.6 is 27.5 Å². The number of hydrogen-bond acceptors (Lipinski definition) is 4. The number of halogens is 2.